The Hall–Kier alpha value is -1.54. The lowest BCUT2D eigenvalue weighted by Crippen LogP contribution is -2.39. The van der Waals surface area contributed by atoms with Gasteiger partial charge in [-0.1, -0.05) is 44.2 Å². The van der Waals surface area contributed by atoms with E-state index in [1.54, 1.807) is 34.9 Å². The normalized spacial score (nSPS) is 11.4. The van der Waals surface area contributed by atoms with Crippen LogP contribution >= 0.6 is 34.9 Å². The van der Waals surface area contributed by atoms with Crippen LogP contribution in [0, 0.1) is 0 Å². The standard InChI is InChI=1S/C23H29N3OS3/c1-5-25(6-2)14-15-26(22(27)18-10-8-9-11-20(18)29-7-3)23-24-19-13-12-17(28-4)16-21(19)30-23/h8-13,16H,5-7,14-15H2,1-4H3. The minimum Gasteiger partial charge on any atom is -0.302 e. The first-order valence-corrected chi connectivity index (χ1v) is 13.3. The van der Waals surface area contributed by atoms with Crippen LogP contribution in [0.1, 0.15) is 31.1 Å². The molecule has 0 radical (unpaired) electrons. The molecule has 0 spiro atoms. The van der Waals surface area contributed by atoms with Crippen LogP contribution < -0.4 is 4.90 Å². The minimum absolute atomic E-state index is 0.0304. The summed E-state index contributed by atoms with van der Waals surface area (Å²) in [6.45, 7) is 9.82. The van der Waals surface area contributed by atoms with Crippen molar-refractivity contribution in [2.45, 2.75) is 30.6 Å². The van der Waals surface area contributed by atoms with Crippen molar-refractivity contribution in [3.8, 4) is 0 Å². The van der Waals surface area contributed by atoms with Crippen molar-refractivity contribution in [1.29, 1.82) is 0 Å². The Balaban J connectivity index is 1.99. The van der Waals surface area contributed by atoms with Crippen LogP contribution in [-0.4, -0.2) is 54.0 Å². The van der Waals surface area contributed by atoms with E-state index >= 15 is 0 Å². The number of likely N-dealkylation sites (N-methyl/N-ethyl adjacent to an activating group) is 1. The van der Waals surface area contributed by atoms with Crippen molar-refractivity contribution < 1.29 is 4.79 Å². The van der Waals surface area contributed by atoms with E-state index in [9.17, 15) is 4.79 Å². The van der Waals surface area contributed by atoms with E-state index in [4.69, 9.17) is 4.98 Å². The number of thioether (sulfide) groups is 2. The molecule has 0 saturated carbocycles. The van der Waals surface area contributed by atoms with Crippen molar-refractivity contribution in [3.05, 3.63) is 48.0 Å². The van der Waals surface area contributed by atoms with Gasteiger partial charge in [0.2, 0.25) is 0 Å². The van der Waals surface area contributed by atoms with Crippen LogP contribution in [0.5, 0.6) is 0 Å². The fourth-order valence-electron chi connectivity index (χ4n) is 3.27. The number of thiazole rings is 1. The zero-order chi connectivity index (χ0) is 21.5. The first-order chi connectivity index (χ1) is 14.6. The second-order valence-corrected chi connectivity index (χ2v) is 9.94. The summed E-state index contributed by atoms with van der Waals surface area (Å²) in [4.78, 5) is 25.0. The summed E-state index contributed by atoms with van der Waals surface area (Å²) in [5, 5.41) is 0.775. The summed E-state index contributed by atoms with van der Waals surface area (Å²) < 4.78 is 1.12. The van der Waals surface area contributed by atoms with Crippen molar-refractivity contribution >= 4 is 56.1 Å². The Kier molecular flexibility index (Phi) is 8.62. The van der Waals surface area contributed by atoms with E-state index in [1.807, 2.05) is 29.2 Å². The second kappa shape index (κ2) is 11.2. The number of hydrogen-bond acceptors (Lipinski definition) is 6. The quantitative estimate of drug-likeness (QED) is 0.341. The van der Waals surface area contributed by atoms with Gasteiger partial charge in [-0.05, 0) is 55.4 Å². The fraction of sp³-hybridized carbons (Fsp3) is 0.391. The highest BCUT2D eigenvalue weighted by atomic mass is 32.2. The summed E-state index contributed by atoms with van der Waals surface area (Å²) in [5.74, 6) is 0.963. The molecule has 0 aliphatic heterocycles. The first kappa shape index (κ1) is 23.1. The maximum Gasteiger partial charge on any atom is 0.261 e. The number of carbonyl (C=O) groups excluding carboxylic acids is 1. The maximum absolute atomic E-state index is 13.7. The third-order valence-electron chi connectivity index (χ3n) is 5.01. The van der Waals surface area contributed by atoms with E-state index in [0.29, 0.717) is 6.54 Å². The van der Waals surface area contributed by atoms with Crippen molar-refractivity contribution in [1.82, 2.24) is 9.88 Å². The third kappa shape index (κ3) is 5.38. The van der Waals surface area contributed by atoms with Crippen molar-refractivity contribution in [3.63, 3.8) is 0 Å². The summed E-state index contributed by atoms with van der Waals surface area (Å²) in [6, 6.07) is 14.2. The molecule has 2 aromatic carbocycles. The molecular weight excluding hydrogens is 430 g/mol. The SMILES string of the molecule is CCSc1ccccc1C(=O)N(CCN(CC)CC)c1nc2ccc(SC)cc2s1. The summed E-state index contributed by atoms with van der Waals surface area (Å²) >= 11 is 5.03. The highest BCUT2D eigenvalue weighted by Crippen LogP contribution is 2.33. The van der Waals surface area contributed by atoms with Gasteiger partial charge in [-0.15, -0.1) is 23.5 Å². The Morgan fingerprint density at radius 3 is 2.53 bits per heavy atom. The van der Waals surface area contributed by atoms with Crippen molar-refractivity contribution in [2.75, 3.05) is 43.1 Å². The molecule has 3 aromatic rings. The van der Waals surface area contributed by atoms with Crippen LogP contribution in [0.15, 0.2) is 52.3 Å². The monoisotopic (exact) mass is 459 g/mol. The van der Waals surface area contributed by atoms with E-state index in [2.05, 4.69) is 50.1 Å². The highest BCUT2D eigenvalue weighted by molar-refractivity contribution is 7.99. The molecule has 1 amide bonds. The van der Waals surface area contributed by atoms with Crippen molar-refractivity contribution in [2.24, 2.45) is 0 Å². The van der Waals surface area contributed by atoms with Crippen LogP contribution in [0.3, 0.4) is 0 Å². The molecule has 0 unspecified atom stereocenters. The van der Waals surface area contributed by atoms with E-state index in [1.165, 1.54) is 4.90 Å². The zero-order valence-electron chi connectivity index (χ0n) is 18.1. The van der Waals surface area contributed by atoms with Gasteiger partial charge in [-0.2, -0.15) is 0 Å². The van der Waals surface area contributed by atoms with Gasteiger partial charge < -0.3 is 4.90 Å². The van der Waals surface area contributed by atoms with Crippen LogP contribution in [-0.2, 0) is 0 Å². The van der Waals surface area contributed by atoms with Crippen LogP contribution in [0.25, 0.3) is 10.2 Å². The molecule has 4 nitrogen and oxygen atoms in total. The molecule has 3 rings (SSSR count). The van der Waals surface area contributed by atoms with Gasteiger partial charge in [0.05, 0.1) is 15.8 Å². The number of nitrogens with zero attached hydrogens (tertiary/aromatic N) is 3. The van der Waals surface area contributed by atoms with Gasteiger partial charge in [-0.25, -0.2) is 4.98 Å². The fourth-order valence-corrected chi connectivity index (χ4v) is 5.61. The Bertz CT molecular complexity index is 985. The Morgan fingerprint density at radius 1 is 1.07 bits per heavy atom. The third-order valence-corrected chi connectivity index (χ3v) is 7.73. The number of hydrogen-bond donors (Lipinski definition) is 0. The zero-order valence-corrected chi connectivity index (χ0v) is 20.5. The molecule has 1 heterocycles. The molecule has 0 aliphatic rings. The number of aromatic nitrogens is 1. The van der Waals surface area contributed by atoms with Crippen LogP contribution in [0.4, 0.5) is 5.13 Å². The largest absolute Gasteiger partial charge is 0.302 e. The predicted molar refractivity (Wildman–Crippen MR) is 134 cm³/mol. The lowest BCUT2D eigenvalue weighted by Gasteiger charge is -2.25. The molecule has 30 heavy (non-hydrogen) atoms. The molecule has 0 fully saturated rings. The number of anilines is 1. The predicted octanol–water partition coefficient (Wildman–Crippen LogP) is 6.12. The van der Waals surface area contributed by atoms with E-state index in [-0.39, 0.29) is 5.91 Å². The van der Waals surface area contributed by atoms with E-state index < -0.39 is 0 Å². The number of amides is 1. The van der Waals surface area contributed by atoms with E-state index in [0.717, 1.165) is 51.2 Å². The van der Waals surface area contributed by atoms with Gasteiger partial charge in [0.15, 0.2) is 5.13 Å². The lowest BCUT2D eigenvalue weighted by molar-refractivity contribution is 0.0981. The summed E-state index contributed by atoms with van der Waals surface area (Å²) in [7, 11) is 0. The highest BCUT2D eigenvalue weighted by Gasteiger charge is 2.24. The van der Waals surface area contributed by atoms with Gasteiger partial charge in [-0.3, -0.25) is 9.69 Å². The second-order valence-electron chi connectivity index (χ2n) is 6.74. The molecule has 0 N–H and O–H groups in total. The van der Waals surface area contributed by atoms with Gasteiger partial charge in [0.1, 0.15) is 0 Å². The maximum atomic E-state index is 13.7. The van der Waals surface area contributed by atoms with Gasteiger partial charge in [0, 0.05) is 22.9 Å². The first-order valence-electron chi connectivity index (χ1n) is 10.3. The molecule has 0 atom stereocenters. The number of fused-ring (bicyclic) bond motifs is 1. The number of rotatable bonds is 10. The summed E-state index contributed by atoms with van der Waals surface area (Å²) in [5.41, 5.74) is 1.71. The van der Waals surface area contributed by atoms with Crippen LogP contribution in [0.2, 0.25) is 0 Å². The number of benzene rings is 2. The smallest absolute Gasteiger partial charge is 0.261 e. The average molecular weight is 460 g/mol. The molecular formula is C23H29N3OS3. The molecule has 0 saturated heterocycles. The average Bonchev–Trinajstić information content (AvgIpc) is 3.20. The molecule has 0 bridgehead atoms. The molecule has 0 aliphatic carbocycles. The topological polar surface area (TPSA) is 36.4 Å². The Morgan fingerprint density at radius 2 is 1.83 bits per heavy atom. The molecule has 7 heteroatoms. The molecule has 1 aromatic heterocycles. The van der Waals surface area contributed by atoms with Gasteiger partial charge in [0.25, 0.3) is 5.91 Å². The molecule has 160 valence electrons. The minimum atomic E-state index is 0.0304. The summed E-state index contributed by atoms with van der Waals surface area (Å²) in [6.07, 6.45) is 2.07. The van der Waals surface area contributed by atoms with Gasteiger partial charge >= 0.3 is 0 Å². The number of carbonyl (C=O) groups is 1. The lowest BCUT2D eigenvalue weighted by atomic mass is 10.2. The Labute approximate surface area is 192 Å².